The molecule has 4 aliphatic rings. The van der Waals surface area contributed by atoms with Crippen LogP contribution in [0.2, 0.25) is 0 Å². The molecule has 0 amide bonds. The van der Waals surface area contributed by atoms with E-state index in [1.165, 1.54) is 63.4 Å². The molecular formula is C32H52O2. The lowest BCUT2D eigenvalue weighted by Gasteiger charge is -2.66. The van der Waals surface area contributed by atoms with Crippen LogP contribution < -0.4 is 0 Å². The lowest BCUT2D eigenvalue weighted by Crippen LogP contribution is -2.59. The summed E-state index contributed by atoms with van der Waals surface area (Å²) in [5.74, 6) is 2.94. The van der Waals surface area contributed by atoms with Gasteiger partial charge in [-0.3, -0.25) is 4.79 Å². The molecule has 3 fully saturated rings. The standard InChI is InChI=1S/C32H52O2/c1-21(2)11-10-12-22(3)24-17-18-32(9)27-15-13-25-26(30(27,7)19-20-31(24,32)8)14-16-28(29(25,5)6)34-23(4)33/h13,22,24,26-28H,1,10-12,14-20H2,2-9H3/t22-,24-,26-,27-,28+,30+,31-,32+/m1/s1. The Labute approximate surface area is 210 Å². The second-order valence-electron chi connectivity index (χ2n) is 14.2. The third kappa shape index (κ3) is 3.85. The predicted molar refractivity (Wildman–Crippen MR) is 142 cm³/mol. The first-order chi connectivity index (χ1) is 15.8. The van der Waals surface area contributed by atoms with E-state index in [9.17, 15) is 4.79 Å². The van der Waals surface area contributed by atoms with E-state index in [0.29, 0.717) is 22.2 Å². The van der Waals surface area contributed by atoms with Crippen molar-refractivity contribution in [3.63, 3.8) is 0 Å². The van der Waals surface area contributed by atoms with E-state index < -0.39 is 0 Å². The highest BCUT2D eigenvalue weighted by atomic mass is 16.5. The average molecular weight is 469 g/mol. The van der Waals surface area contributed by atoms with Crippen LogP contribution in [-0.2, 0) is 9.53 Å². The molecule has 0 aromatic carbocycles. The number of rotatable bonds is 6. The van der Waals surface area contributed by atoms with E-state index in [4.69, 9.17) is 4.74 Å². The second-order valence-corrected chi connectivity index (χ2v) is 14.2. The maximum Gasteiger partial charge on any atom is 0.302 e. The zero-order valence-electron chi connectivity index (χ0n) is 23.6. The van der Waals surface area contributed by atoms with Gasteiger partial charge in [0.25, 0.3) is 0 Å². The number of hydrogen-bond donors (Lipinski definition) is 0. The normalized spacial score (nSPS) is 43.7. The van der Waals surface area contributed by atoms with Gasteiger partial charge in [0.2, 0.25) is 0 Å². The lowest BCUT2D eigenvalue weighted by atomic mass is 9.39. The third-order valence-corrected chi connectivity index (χ3v) is 12.1. The quantitative estimate of drug-likeness (QED) is 0.287. The smallest absolute Gasteiger partial charge is 0.302 e. The first-order valence-electron chi connectivity index (χ1n) is 14.3. The lowest BCUT2D eigenvalue weighted by molar-refractivity contribution is -0.162. The van der Waals surface area contributed by atoms with Crippen molar-refractivity contribution in [2.45, 2.75) is 126 Å². The summed E-state index contributed by atoms with van der Waals surface area (Å²) < 4.78 is 5.83. The van der Waals surface area contributed by atoms with Crippen LogP contribution in [0, 0.1) is 45.3 Å². The zero-order valence-corrected chi connectivity index (χ0v) is 23.6. The third-order valence-electron chi connectivity index (χ3n) is 12.1. The van der Waals surface area contributed by atoms with E-state index in [1.54, 1.807) is 12.5 Å². The first-order valence-corrected chi connectivity index (χ1v) is 14.3. The van der Waals surface area contributed by atoms with Crippen LogP contribution in [-0.4, -0.2) is 12.1 Å². The van der Waals surface area contributed by atoms with Crippen molar-refractivity contribution in [3.8, 4) is 0 Å². The Balaban J connectivity index is 1.60. The maximum atomic E-state index is 11.8. The Kier molecular flexibility index (Phi) is 6.74. The van der Waals surface area contributed by atoms with Crippen molar-refractivity contribution >= 4 is 5.97 Å². The van der Waals surface area contributed by atoms with Crippen molar-refractivity contribution in [2.24, 2.45) is 45.3 Å². The van der Waals surface area contributed by atoms with E-state index in [0.717, 1.165) is 24.2 Å². The molecule has 0 unspecified atom stereocenters. The molecule has 192 valence electrons. The summed E-state index contributed by atoms with van der Waals surface area (Å²) >= 11 is 0. The maximum absolute atomic E-state index is 11.8. The summed E-state index contributed by atoms with van der Waals surface area (Å²) in [5.41, 5.74) is 4.12. The molecule has 3 saturated carbocycles. The monoisotopic (exact) mass is 468 g/mol. The molecular weight excluding hydrogens is 416 g/mol. The van der Waals surface area contributed by atoms with Crippen LogP contribution in [0.3, 0.4) is 0 Å². The highest BCUT2D eigenvalue weighted by Crippen LogP contribution is 2.75. The van der Waals surface area contributed by atoms with Crippen molar-refractivity contribution in [3.05, 3.63) is 23.8 Å². The zero-order chi connectivity index (χ0) is 25.1. The first kappa shape index (κ1) is 26.0. The highest BCUT2D eigenvalue weighted by Gasteiger charge is 2.67. The Bertz CT molecular complexity index is 851. The van der Waals surface area contributed by atoms with Crippen LogP contribution in [0.25, 0.3) is 0 Å². The van der Waals surface area contributed by atoms with Crippen molar-refractivity contribution in [1.82, 2.24) is 0 Å². The van der Waals surface area contributed by atoms with Crippen LogP contribution in [0.15, 0.2) is 23.8 Å². The van der Waals surface area contributed by atoms with Crippen LogP contribution in [0.4, 0.5) is 0 Å². The fourth-order valence-corrected chi connectivity index (χ4v) is 9.95. The number of ether oxygens (including phenoxy) is 1. The minimum atomic E-state index is -0.132. The SMILES string of the molecule is C=C(C)CCC[C@@H](C)[C@H]1CC[C@@]2(C)[C@@H]3CC=C4[C@@H](CC[C@H](OC(C)=O)C4(C)C)[C@]3(C)CC[C@]12C. The van der Waals surface area contributed by atoms with E-state index in [2.05, 4.69) is 61.1 Å². The minimum absolute atomic E-state index is 0.0213. The van der Waals surface area contributed by atoms with E-state index >= 15 is 0 Å². The predicted octanol–water partition coefficient (Wildman–Crippen LogP) is 8.91. The van der Waals surface area contributed by atoms with Gasteiger partial charge in [0.05, 0.1) is 0 Å². The Hall–Kier alpha value is -1.05. The fourth-order valence-electron chi connectivity index (χ4n) is 9.95. The molecule has 0 aliphatic heterocycles. The summed E-state index contributed by atoms with van der Waals surface area (Å²) in [6, 6.07) is 0. The number of allylic oxidation sites excluding steroid dienone is 2. The Morgan fingerprint density at radius 3 is 2.41 bits per heavy atom. The van der Waals surface area contributed by atoms with Gasteiger partial charge in [0.1, 0.15) is 6.10 Å². The Morgan fingerprint density at radius 1 is 1.06 bits per heavy atom. The van der Waals surface area contributed by atoms with Crippen molar-refractivity contribution in [1.29, 1.82) is 0 Å². The molecule has 0 spiro atoms. The molecule has 0 aromatic rings. The van der Waals surface area contributed by atoms with Gasteiger partial charge in [0, 0.05) is 12.3 Å². The number of hydrogen-bond acceptors (Lipinski definition) is 2. The van der Waals surface area contributed by atoms with Crippen LogP contribution in [0.5, 0.6) is 0 Å². The molecule has 2 heteroatoms. The minimum Gasteiger partial charge on any atom is -0.462 e. The van der Waals surface area contributed by atoms with Gasteiger partial charge in [-0.05, 0) is 105 Å². The largest absolute Gasteiger partial charge is 0.462 e. The van der Waals surface area contributed by atoms with E-state index in [1.807, 2.05) is 0 Å². The van der Waals surface area contributed by atoms with Gasteiger partial charge < -0.3 is 4.74 Å². The van der Waals surface area contributed by atoms with Crippen LogP contribution >= 0.6 is 0 Å². The molecule has 0 heterocycles. The number of carbonyl (C=O) groups is 1. The average Bonchev–Trinajstić information content (AvgIpc) is 3.01. The topological polar surface area (TPSA) is 26.3 Å². The van der Waals surface area contributed by atoms with E-state index in [-0.39, 0.29) is 17.5 Å². The van der Waals surface area contributed by atoms with Crippen molar-refractivity contribution < 1.29 is 9.53 Å². The molecule has 8 atom stereocenters. The molecule has 0 N–H and O–H groups in total. The van der Waals surface area contributed by atoms with Crippen molar-refractivity contribution in [2.75, 3.05) is 0 Å². The summed E-state index contributed by atoms with van der Waals surface area (Å²) in [5, 5.41) is 0. The molecule has 0 aromatic heterocycles. The van der Waals surface area contributed by atoms with Gasteiger partial charge in [-0.2, -0.15) is 0 Å². The van der Waals surface area contributed by atoms with Gasteiger partial charge in [0.15, 0.2) is 0 Å². The van der Waals surface area contributed by atoms with Gasteiger partial charge in [-0.25, -0.2) is 0 Å². The molecule has 0 bridgehead atoms. The molecule has 4 aliphatic carbocycles. The molecule has 34 heavy (non-hydrogen) atoms. The highest BCUT2D eigenvalue weighted by molar-refractivity contribution is 5.66. The molecule has 2 nitrogen and oxygen atoms in total. The summed E-state index contributed by atoms with van der Waals surface area (Å²) in [6.45, 7) is 23.1. The van der Waals surface area contributed by atoms with Gasteiger partial charge in [-0.15, -0.1) is 6.58 Å². The summed E-state index contributed by atoms with van der Waals surface area (Å²) in [6.07, 6.45) is 15.4. The molecule has 0 saturated heterocycles. The summed E-state index contributed by atoms with van der Waals surface area (Å²) in [4.78, 5) is 11.8. The number of fused-ring (bicyclic) bond motifs is 5. The van der Waals surface area contributed by atoms with Crippen LogP contribution in [0.1, 0.15) is 120 Å². The Morgan fingerprint density at radius 2 is 1.76 bits per heavy atom. The van der Waals surface area contributed by atoms with Gasteiger partial charge >= 0.3 is 5.97 Å². The summed E-state index contributed by atoms with van der Waals surface area (Å²) in [7, 11) is 0. The number of carbonyl (C=O) groups excluding carboxylic acids is 1. The number of esters is 1. The fraction of sp³-hybridized carbons (Fsp3) is 0.844. The molecule has 0 radical (unpaired) electrons. The molecule has 4 rings (SSSR count). The second kappa shape index (κ2) is 8.81. The van der Waals surface area contributed by atoms with Gasteiger partial charge in [-0.1, -0.05) is 65.2 Å².